The van der Waals surface area contributed by atoms with E-state index in [0.29, 0.717) is 22.9 Å². The van der Waals surface area contributed by atoms with Crippen LogP contribution in [-0.2, 0) is 6.54 Å². The number of hydrogen-bond donors (Lipinski definition) is 1. The molecule has 4 aromatic rings. The summed E-state index contributed by atoms with van der Waals surface area (Å²) in [6.07, 6.45) is 1.93. The summed E-state index contributed by atoms with van der Waals surface area (Å²) in [6.45, 7) is 2.32. The molecule has 0 saturated carbocycles. The maximum atomic E-state index is 12.6. The van der Waals surface area contributed by atoms with Crippen molar-refractivity contribution in [2.75, 3.05) is 7.11 Å². The lowest BCUT2D eigenvalue weighted by Crippen LogP contribution is -2.22. The third kappa shape index (κ3) is 4.62. The largest absolute Gasteiger partial charge is 0.495 e. The van der Waals surface area contributed by atoms with Crippen LogP contribution in [0.25, 0.3) is 16.9 Å². The van der Waals surface area contributed by atoms with Crippen LogP contribution in [0, 0.1) is 6.92 Å². The molecule has 1 heterocycles. The molecular weight excluding hydrogens is 410 g/mol. The first-order chi connectivity index (χ1) is 15.0. The molecule has 1 amide bonds. The third-order valence-corrected chi connectivity index (χ3v) is 5.28. The van der Waals surface area contributed by atoms with Crippen LogP contribution in [0.4, 0.5) is 0 Å². The van der Waals surface area contributed by atoms with E-state index in [4.69, 9.17) is 21.4 Å². The van der Waals surface area contributed by atoms with Gasteiger partial charge in [-0.1, -0.05) is 47.5 Å². The zero-order valence-electron chi connectivity index (χ0n) is 17.3. The van der Waals surface area contributed by atoms with Gasteiger partial charge in [0.05, 0.1) is 23.5 Å². The topological polar surface area (TPSA) is 56.1 Å². The number of carbonyl (C=O) groups excluding carboxylic acids is 1. The number of hydrogen-bond acceptors (Lipinski definition) is 3. The molecule has 0 unspecified atom stereocenters. The molecule has 0 fully saturated rings. The summed E-state index contributed by atoms with van der Waals surface area (Å²) in [5, 5.41) is 8.28. The molecule has 0 bridgehead atoms. The second-order valence-electron chi connectivity index (χ2n) is 7.18. The minimum Gasteiger partial charge on any atom is -0.495 e. The Hall–Kier alpha value is -3.57. The highest BCUT2D eigenvalue weighted by atomic mass is 35.5. The minimum absolute atomic E-state index is 0.133. The molecule has 5 nitrogen and oxygen atoms in total. The van der Waals surface area contributed by atoms with E-state index in [1.165, 1.54) is 0 Å². The molecule has 4 rings (SSSR count). The van der Waals surface area contributed by atoms with Gasteiger partial charge in [0, 0.05) is 29.4 Å². The number of nitrogens with zero attached hydrogens (tertiary/aromatic N) is 2. The van der Waals surface area contributed by atoms with Crippen molar-refractivity contribution in [1.29, 1.82) is 0 Å². The van der Waals surface area contributed by atoms with Gasteiger partial charge in [-0.05, 0) is 49.4 Å². The summed E-state index contributed by atoms with van der Waals surface area (Å²) < 4.78 is 7.07. The molecular formula is C25H22ClN3O2. The van der Waals surface area contributed by atoms with Crippen LogP contribution in [0.2, 0.25) is 5.02 Å². The number of methoxy groups -OCH3 is 1. The van der Waals surface area contributed by atoms with Crippen molar-refractivity contribution in [2.24, 2.45) is 0 Å². The highest BCUT2D eigenvalue weighted by molar-refractivity contribution is 6.32. The number of rotatable bonds is 6. The quantitative estimate of drug-likeness (QED) is 0.442. The zero-order valence-corrected chi connectivity index (χ0v) is 18.1. The van der Waals surface area contributed by atoms with Gasteiger partial charge in [-0.15, -0.1) is 0 Å². The average molecular weight is 432 g/mol. The van der Waals surface area contributed by atoms with Gasteiger partial charge in [0.15, 0.2) is 0 Å². The second kappa shape index (κ2) is 9.06. The molecule has 31 heavy (non-hydrogen) atoms. The molecule has 1 N–H and O–H groups in total. The van der Waals surface area contributed by atoms with E-state index in [9.17, 15) is 4.79 Å². The summed E-state index contributed by atoms with van der Waals surface area (Å²) in [4.78, 5) is 12.6. The van der Waals surface area contributed by atoms with Gasteiger partial charge in [-0.2, -0.15) is 5.10 Å². The van der Waals surface area contributed by atoms with Gasteiger partial charge >= 0.3 is 0 Å². The van der Waals surface area contributed by atoms with E-state index >= 15 is 0 Å². The van der Waals surface area contributed by atoms with Crippen molar-refractivity contribution in [3.8, 4) is 22.7 Å². The smallest absolute Gasteiger partial charge is 0.251 e. The van der Waals surface area contributed by atoms with Crippen LogP contribution in [-0.4, -0.2) is 22.8 Å². The van der Waals surface area contributed by atoms with Gasteiger partial charge in [-0.25, -0.2) is 4.68 Å². The van der Waals surface area contributed by atoms with Crippen LogP contribution in [0.3, 0.4) is 0 Å². The van der Waals surface area contributed by atoms with Crippen LogP contribution in [0.1, 0.15) is 21.5 Å². The molecule has 156 valence electrons. The number of amides is 1. The van der Waals surface area contributed by atoms with Gasteiger partial charge in [0.2, 0.25) is 0 Å². The number of ether oxygens (including phenoxy) is 1. The average Bonchev–Trinajstić information content (AvgIpc) is 3.23. The van der Waals surface area contributed by atoms with E-state index in [1.807, 2.05) is 85.9 Å². The second-order valence-corrected chi connectivity index (χ2v) is 7.59. The predicted octanol–water partition coefficient (Wildman–Crippen LogP) is 5.44. The first-order valence-corrected chi connectivity index (χ1v) is 10.3. The number of para-hydroxylation sites is 1. The highest BCUT2D eigenvalue weighted by Crippen LogP contribution is 2.31. The van der Waals surface area contributed by atoms with Crippen molar-refractivity contribution >= 4 is 17.5 Å². The Labute approximate surface area is 186 Å². The number of carbonyl (C=O) groups is 1. The monoisotopic (exact) mass is 431 g/mol. The molecule has 0 saturated heterocycles. The summed E-state index contributed by atoms with van der Waals surface area (Å²) in [5.41, 5.74) is 5.14. The number of benzene rings is 3. The molecule has 0 aliphatic carbocycles. The fraction of sp³-hybridized carbons (Fsp3) is 0.120. The van der Waals surface area contributed by atoms with Gasteiger partial charge in [0.1, 0.15) is 5.75 Å². The van der Waals surface area contributed by atoms with E-state index in [0.717, 1.165) is 28.1 Å². The van der Waals surface area contributed by atoms with Gasteiger partial charge in [-0.3, -0.25) is 4.79 Å². The van der Waals surface area contributed by atoms with E-state index in [2.05, 4.69) is 5.32 Å². The Morgan fingerprint density at radius 1 is 1.06 bits per heavy atom. The third-order valence-electron chi connectivity index (χ3n) is 4.99. The summed E-state index contributed by atoms with van der Waals surface area (Å²) >= 11 is 6.35. The molecule has 3 aromatic carbocycles. The highest BCUT2D eigenvalue weighted by Gasteiger charge is 2.15. The van der Waals surface area contributed by atoms with E-state index in [-0.39, 0.29) is 5.91 Å². The fourth-order valence-electron chi connectivity index (χ4n) is 3.29. The number of halogens is 1. The Bertz CT molecular complexity index is 1200. The lowest BCUT2D eigenvalue weighted by molar-refractivity contribution is 0.0951. The van der Waals surface area contributed by atoms with Crippen LogP contribution in [0.5, 0.6) is 5.75 Å². The first-order valence-electron chi connectivity index (χ1n) is 9.88. The van der Waals surface area contributed by atoms with Crippen molar-refractivity contribution in [3.63, 3.8) is 0 Å². The predicted molar refractivity (Wildman–Crippen MR) is 123 cm³/mol. The maximum Gasteiger partial charge on any atom is 0.251 e. The normalized spacial score (nSPS) is 10.7. The SMILES string of the molecule is COc1ccc(-c2nn(-c3ccccc3)cc2CNC(=O)c2ccc(C)cc2)cc1Cl. The van der Waals surface area contributed by atoms with Crippen LogP contribution < -0.4 is 10.1 Å². The minimum atomic E-state index is -0.133. The Balaban J connectivity index is 1.66. The standard InChI is InChI=1S/C25H22ClN3O2/c1-17-8-10-18(11-9-17)25(30)27-15-20-16-29(21-6-4-3-5-7-21)28-24(20)19-12-13-23(31-2)22(26)14-19/h3-14,16H,15H2,1-2H3,(H,27,30). The summed E-state index contributed by atoms with van der Waals surface area (Å²) in [6, 6.07) is 22.9. The maximum absolute atomic E-state index is 12.6. The zero-order chi connectivity index (χ0) is 21.8. The van der Waals surface area contributed by atoms with Crippen molar-refractivity contribution in [1.82, 2.24) is 15.1 Å². The Morgan fingerprint density at radius 2 is 1.81 bits per heavy atom. The Kier molecular flexibility index (Phi) is 6.05. The first kappa shape index (κ1) is 20.7. The fourth-order valence-corrected chi connectivity index (χ4v) is 3.55. The van der Waals surface area contributed by atoms with Gasteiger partial charge in [0.25, 0.3) is 5.91 Å². The molecule has 1 aromatic heterocycles. The summed E-state index contributed by atoms with van der Waals surface area (Å²) in [7, 11) is 1.58. The Morgan fingerprint density at radius 3 is 2.48 bits per heavy atom. The lowest BCUT2D eigenvalue weighted by atomic mass is 10.1. The van der Waals surface area contributed by atoms with Gasteiger partial charge < -0.3 is 10.1 Å². The molecule has 0 radical (unpaired) electrons. The lowest BCUT2D eigenvalue weighted by Gasteiger charge is -2.08. The molecule has 0 atom stereocenters. The number of aromatic nitrogens is 2. The van der Waals surface area contributed by atoms with Crippen molar-refractivity contribution in [3.05, 3.63) is 101 Å². The van der Waals surface area contributed by atoms with Crippen LogP contribution >= 0.6 is 11.6 Å². The van der Waals surface area contributed by atoms with Crippen LogP contribution in [0.15, 0.2) is 79.0 Å². The molecule has 0 aliphatic rings. The molecule has 0 spiro atoms. The van der Waals surface area contributed by atoms with Crippen molar-refractivity contribution in [2.45, 2.75) is 13.5 Å². The number of nitrogens with one attached hydrogen (secondary N) is 1. The summed E-state index contributed by atoms with van der Waals surface area (Å²) in [5.74, 6) is 0.466. The molecule has 6 heteroatoms. The van der Waals surface area contributed by atoms with E-state index < -0.39 is 0 Å². The molecule has 0 aliphatic heterocycles. The van der Waals surface area contributed by atoms with E-state index in [1.54, 1.807) is 11.8 Å². The van der Waals surface area contributed by atoms with Crippen molar-refractivity contribution < 1.29 is 9.53 Å². The number of aryl methyl sites for hydroxylation is 1.